The zero-order valence-electron chi connectivity index (χ0n) is 16.3. The normalized spacial score (nSPS) is 14.3. The highest BCUT2D eigenvalue weighted by atomic mass is 16.5. The van der Waals surface area contributed by atoms with Crippen molar-refractivity contribution in [3.63, 3.8) is 0 Å². The van der Waals surface area contributed by atoms with Crippen LogP contribution in [0.1, 0.15) is 41.3 Å². The summed E-state index contributed by atoms with van der Waals surface area (Å²) in [6, 6.07) is 9.16. The van der Waals surface area contributed by atoms with Crippen molar-refractivity contribution in [1.29, 1.82) is 5.26 Å². The third-order valence-corrected chi connectivity index (χ3v) is 5.10. The first-order chi connectivity index (χ1) is 14.0. The molecule has 0 bridgehead atoms. The summed E-state index contributed by atoms with van der Waals surface area (Å²) in [7, 11) is 0. The quantitative estimate of drug-likeness (QED) is 0.737. The van der Waals surface area contributed by atoms with E-state index in [2.05, 4.69) is 16.2 Å². The predicted molar refractivity (Wildman–Crippen MR) is 107 cm³/mol. The van der Waals surface area contributed by atoms with Crippen LogP contribution in [0.25, 0.3) is 16.9 Å². The van der Waals surface area contributed by atoms with E-state index in [9.17, 15) is 14.9 Å². The Hall–Kier alpha value is -3.44. The zero-order chi connectivity index (χ0) is 20.5. The molecule has 1 aromatic carbocycles. The first-order valence-electron chi connectivity index (χ1n) is 9.53. The first-order valence-corrected chi connectivity index (χ1v) is 9.53. The van der Waals surface area contributed by atoms with Gasteiger partial charge in [-0.15, -0.1) is 0 Å². The summed E-state index contributed by atoms with van der Waals surface area (Å²) >= 11 is 0. The van der Waals surface area contributed by atoms with Crippen LogP contribution in [0.15, 0.2) is 35.3 Å². The summed E-state index contributed by atoms with van der Waals surface area (Å²) < 4.78 is 6.60. The van der Waals surface area contributed by atoms with Crippen LogP contribution in [0.5, 0.6) is 0 Å². The van der Waals surface area contributed by atoms with E-state index in [1.54, 1.807) is 29.2 Å². The maximum Gasteiger partial charge on any atom is 0.276 e. The van der Waals surface area contributed by atoms with E-state index in [-0.39, 0.29) is 17.4 Å². The Morgan fingerprint density at radius 3 is 2.55 bits per heavy atom. The topological polar surface area (TPSA) is 103 Å². The lowest BCUT2D eigenvalue weighted by molar-refractivity contribution is 0.0303. The lowest BCUT2D eigenvalue weighted by atomic mass is 9.97. The van der Waals surface area contributed by atoms with E-state index in [0.717, 1.165) is 5.56 Å². The lowest BCUT2D eigenvalue weighted by Gasteiger charge is -2.26. The second-order valence-electron chi connectivity index (χ2n) is 7.27. The first kappa shape index (κ1) is 18.9. The third-order valence-electron chi connectivity index (χ3n) is 5.10. The standard InChI is InChI=1S/C21H21N5O3/c1-13(2)17-18(24-19-16(11-22)12-23-26(19)21(17)28)14-3-5-15(6-4-14)20(27)25-7-9-29-10-8-25/h3-6,12-13,23H,7-10H2,1-2H3. The fourth-order valence-corrected chi connectivity index (χ4v) is 3.57. The van der Waals surface area contributed by atoms with Crippen molar-refractivity contribution < 1.29 is 9.53 Å². The average molecular weight is 391 g/mol. The molecule has 1 saturated heterocycles. The average Bonchev–Trinajstić information content (AvgIpc) is 3.17. The van der Waals surface area contributed by atoms with Gasteiger partial charge in [0.05, 0.1) is 18.9 Å². The second kappa shape index (κ2) is 7.53. The van der Waals surface area contributed by atoms with Gasteiger partial charge in [-0.25, -0.2) is 9.50 Å². The van der Waals surface area contributed by atoms with Gasteiger partial charge in [0.1, 0.15) is 11.6 Å². The van der Waals surface area contributed by atoms with Gasteiger partial charge >= 0.3 is 0 Å². The number of hydrogen-bond donors (Lipinski definition) is 1. The number of nitrogens with one attached hydrogen (secondary N) is 1. The van der Waals surface area contributed by atoms with Crippen molar-refractivity contribution >= 4 is 11.6 Å². The van der Waals surface area contributed by atoms with Crippen molar-refractivity contribution in [1.82, 2.24) is 19.5 Å². The van der Waals surface area contributed by atoms with Gasteiger partial charge in [0.15, 0.2) is 5.65 Å². The molecule has 148 valence electrons. The number of carbonyl (C=O) groups excluding carboxylic acids is 1. The van der Waals surface area contributed by atoms with E-state index < -0.39 is 0 Å². The third kappa shape index (κ3) is 3.30. The van der Waals surface area contributed by atoms with E-state index in [0.29, 0.717) is 54.3 Å². The SMILES string of the molecule is CC(C)c1c(-c2ccc(C(=O)N3CCOCC3)cc2)nc2c(C#N)c[nH]n2c1=O. The highest BCUT2D eigenvalue weighted by Crippen LogP contribution is 2.26. The van der Waals surface area contributed by atoms with E-state index in [1.165, 1.54) is 10.7 Å². The maximum atomic E-state index is 13.0. The van der Waals surface area contributed by atoms with Crippen molar-refractivity contribution in [2.45, 2.75) is 19.8 Å². The Balaban J connectivity index is 1.78. The summed E-state index contributed by atoms with van der Waals surface area (Å²) in [5, 5.41) is 12.1. The Bertz CT molecular complexity index is 1160. The molecule has 1 aliphatic rings. The predicted octanol–water partition coefficient (Wildman–Crippen LogP) is 2.16. The Labute approximate surface area is 167 Å². The Morgan fingerprint density at radius 1 is 1.24 bits per heavy atom. The van der Waals surface area contributed by atoms with Crippen LogP contribution in [0.3, 0.4) is 0 Å². The summed E-state index contributed by atoms with van der Waals surface area (Å²) in [5.41, 5.74) is 2.78. The van der Waals surface area contributed by atoms with Gasteiger partial charge in [-0.2, -0.15) is 5.26 Å². The van der Waals surface area contributed by atoms with Crippen molar-refractivity contribution in [2.24, 2.45) is 0 Å². The second-order valence-corrected chi connectivity index (χ2v) is 7.27. The van der Waals surface area contributed by atoms with Gasteiger partial charge < -0.3 is 9.64 Å². The van der Waals surface area contributed by atoms with Crippen LogP contribution in [-0.2, 0) is 4.74 Å². The number of benzene rings is 1. The molecule has 0 saturated carbocycles. The van der Waals surface area contributed by atoms with Crippen LogP contribution >= 0.6 is 0 Å². The summed E-state index contributed by atoms with van der Waals surface area (Å²) in [5.74, 6) is -0.102. The number of carbonyl (C=O) groups is 1. The van der Waals surface area contributed by atoms with E-state index >= 15 is 0 Å². The zero-order valence-corrected chi connectivity index (χ0v) is 16.3. The van der Waals surface area contributed by atoms with Crippen LogP contribution < -0.4 is 5.56 Å². The molecule has 0 radical (unpaired) electrons. The number of nitrogens with zero attached hydrogens (tertiary/aromatic N) is 4. The molecular formula is C21H21N5O3. The van der Waals surface area contributed by atoms with Crippen LogP contribution in [0.4, 0.5) is 0 Å². The van der Waals surface area contributed by atoms with E-state index in [4.69, 9.17) is 4.74 Å². The number of amides is 1. The molecule has 0 aliphatic carbocycles. The molecular weight excluding hydrogens is 370 g/mol. The minimum absolute atomic E-state index is 0.0372. The molecule has 0 atom stereocenters. The number of H-pyrrole nitrogens is 1. The van der Waals surface area contributed by atoms with Gasteiger partial charge in [-0.05, 0) is 18.1 Å². The number of aromatic amines is 1. The molecule has 1 N–H and O–H groups in total. The molecule has 0 unspecified atom stereocenters. The van der Waals surface area contributed by atoms with Gasteiger partial charge in [0, 0.05) is 36.0 Å². The van der Waals surface area contributed by atoms with Crippen molar-refractivity contribution in [3.05, 3.63) is 57.5 Å². The molecule has 0 spiro atoms. The molecule has 1 aliphatic heterocycles. The fraction of sp³-hybridized carbons (Fsp3) is 0.333. The van der Waals surface area contributed by atoms with Gasteiger partial charge in [0.25, 0.3) is 11.5 Å². The fourth-order valence-electron chi connectivity index (χ4n) is 3.57. The minimum Gasteiger partial charge on any atom is -0.378 e. The van der Waals surface area contributed by atoms with Crippen LogP contribution in [-0.4, -0.2) is 51.7 Å². The molecule has 4 rings (SSSR count). The Kier molecular flexibility index (Phi) is 4.91. The van der Waals surface area contributed by atoms with Gasteiger partial charge in [0.2, 0.25) is 0 Å². The summed E-state index contributed by atoms with van der Waals surface area (Å²) in [6.45, 7) is 6.12. The number of nitriles is 1. The molecule has 2 aromatic heterocycles. The Morgan fingerprint density at radius 2 is 1.93 bits per heavy atom. The van der Waals surface area contributed by atoms with Crippen molar-refractivity contribution in [2.75, 3.05) is 26.3 Å². The largest absolute Gasteiger partial charge is 0.378 e. The molecule has 29 heavy (non-hydrogen) atoms. The highest BCUT2D eigenvalue weighted by molar-refractivity contribution is 5.94. The number of fused-ring (bicyclic) bond motifs is 1. The summed E-state index contributed by atoms with van der Waals surface area (Å²) in [4.78, 5) is 32.0. The van der Waals surface area contributed by atoms with E-state index in [1.807, 2.05) is 13.8 Å². The molecule has 8 nitrogen and oxygen atoms in total. The number of hydrogen-bond acceptors (Lipinski definition) is 5. The van der Waals surface area contributed by atoms with Crippen molar-refractivity contribution in [3.8, 4) is 17.3 Å². The van der Waals surface area contributed by atoms with Crippen LogP contribution in [0, 0.1) is 11.3 Å². The molecule has 1 amide bonds. The van der Waals surface area contributed by atoms with Crippen LogP contribution in [0.2, 0.25) is 0 Å². The molecule has 3 heterocycles. The smallest absolute Gasteiger partial charge is 0.276 e. The number of aromatic nitrogens is 3. The minimum atomic E-state index is -0.227. The number of morpholine rings is 1. The maximum absolute atomic E-state index is 13.0. The molecule has 3 aromatic rings. The van der Waals surface area contributed by atoms with Gasteiger partial charge in [-0.3, -0.25) is 14.7 Å². The lowest BCUT2D eigenvalue weighted by Crippen LogP contribution is -2.40. The molecule has 8 heteroatoms. The number of ether oxygens (including phenoxy) is 1. The highest BCUT2D eigenvalue weighted by Gasteiger charge is 2.21. The number of rotatable bonds is 3. The molecule has 1 fully saturated rings. The van der Waals surface area contributed by atoms with Gasteiger partial charge in [-0.1, -0.05) is 26.0 Å². The monoisotopic (exact) mass is 391 g/mol. The summed E-state index contributed by atoms with van der Waals surface area (Å²) in [6.07, 6.45) is 1.47.